The predicted molar refractivity (Wildman–Crippen MR) is 77.2 cm³/mol. The lowest BCUT2D eigenvalue weighted by molar-refractivity contribution is 0.234. The fraction of sp³-hybridized carbons (Fsp3) is 1.00. The molecule has 1 aliphatic carbocycles. The monoisotopic (exact) mass is 289 g/mol. The van der Waals surface area contributed by atoms with E-state index >= 15 is 0 Å². The summed E-state index contributed by atoms with van der Waals surface area (Å²) < 4.78 is 29.4. The first-order chi connectivity index (χ1) is 8.99. The van der Waals surface area contributed by atoms with Crippen LogP contribution in [0.25, 0.3) is 0 Å². The molecule has 19 heavy (non-hydrogen) atoms. The van der Waals surface area contributed by atoms with Crippen LogP contribution >= 0.6 is 0 Å². The second-order valence-corrected chi connectivity index (χ2v) is 7.73. The summed E-state index contributed by atoms with van der Waals surface area (Å²) in [5.41, 5.74) is 0. The van der Waals surface area contributed by atoms with E-state index < -0.39 is 10.2 Å². The highest BCUT2D eigenvalue weighted by molar-refractivity contribution is 7.87. The first-order valence-electron chi connectivity index (χ1n) is 7.51. The Bertz CT molecular complexity index is 379. The van der Waals surface area contributed by atoms with Gasteiger partial charge in [-0.05, 0) is 25.7 Å². The van der Waals surface area contributed by atoms with Gasteiger partial charge in [-0.25, -0.2) is 0 Å². The Balaban J connectivity index is 1.96. The lowest BCUT2D eigenvalue weighted by Crippen LogP contribution is -2.55. The van der Waals surface area contributed by atoms with Gasteiger partial charge in [-0.3, -0.25) is 0 Å². The van der Waals surface area contributed by atoms with Gasteiger partial charge in [0.15, 0.2) is 0 Å². The van der Waals surface area contributed by atoms with Crippen molar-refractivity contribution in [2.24, 2.45) is 0 Å². The van der Waals surface area contributed by atoms with Gasteiger partial charge in [-0.2, -0.15) is 17.4 Å². The summed E-state index contributed by atoms with van der Waals surface area (Å²) >= 11 is 0. The second-order valence-electron chi connectivity index (χ2n) is 6.07. The molecule has 0 bridgehead atoms. The number of nitrogens with one attached hydrogen (secondary N) is 2. The minimum atomic E-state index is -3.30. The molecule has 1 saturated carbocycles. The minimum absolute atomic E-state index is 0.105. The Hall–Kier alpha value is -0.170. The van der Waals surface area contributed by atoms with Crippen LogP contribution in [0.15, 0.2) is 0 Å². The first-order valence-corrected chi connectivity index (χ1v) is 8.95. The lowest BCUT2D eigenvalue weighted by Gasteiger charge is -2.37. The smallest absolute Gasteiger partial charge is 0.279 e. The minimum Gasteiger partial charge on any atom is -0.313 e. The maximum atomic E-state index is 12.4. The normalized spacial score (nSPS) is 26.6. The molecule has 1 heterocycles. The van der Waals surface area contributed by atoms with E-state index in [1.54, 1.807) is 4.31 Å². The third-order valence-corrected chi connectivity index (χ3v) is 5.79. The van der Waals surface area contributed by atoms with Crippen molar-refractivity contribution in [3.63, 3.8) is 0 Å². The number of hydrogen-bond acceptors (Lipinski definition) is 3. The zero-order valence-electron chi connectivity index (χ0n) is 12.1. The molecule has 0 amide bonds. The molecule has 1 unspecified atom stereocenters. The van der Waals surface area contributed by atoms with Crippen molar-refractivity contribution >= 4 is 10.2 Å². The van der Waals surface area contributed by atoms with E-state index in [0.29, 0.717) is 12.6 Å². The van der Waals surface area contributed by atoms with E-state index in [1.807, 2.05) is 0 Å². The molecule has 0 spiro atoms. The third-order valence-electron chi connectivity index (χ3n) is 4.06. The van der Waals surface area contributed by atoms with Crippen LogP contribution in [0.2, 0.25) is 0 Å². The maximum Gasteiger partial charge on any atom is 0.279 e. The number of nitrogens with zero attached hydrogens (tertiary/aromatic N) is 1. The molecule has 2 aliphatic rings. The standard InChI is InChI=1S/C13H27N3O2S/c1-11(2)14-10-13-8-3-4-9-16(13)19(17,18)15-12-6-5-7-12/h11-15H,3-10H2,1-2H3. The van der Waals surface area contributed by atoms with Gasteiger partial charge in [0.25, 0.3) is 10.2 Å². The Morgan fingerprint density at radius 3 is 2.47 bits per heavy atom. The van der Waals surface area contributed by atoms with Crippen LogP contribution in [0, 0.1) is 0 Å². The van der Waals surface area contributed by atoms with Crippen molar-refractivity contribution in [3.8, 4) is 0 Å². The predicted octanol–water partition coefficient (Wildman–Crippen LogP) is 1.23. The molecule has 1 saturated heterocycles. The topological polar surface area (TPSA) is 61.4 Å². The van der Waals surface area contributed by atoms with E-state index in [4.69, 9.17) is 0 Å². The molecule has 1 atom stereocenters. The van der Waals surface area contributed by atoms with Crippen molar-refractivity contribution in [1.29, 1.82) is 0 Å². The molecule has 0 aromatic carbocycles. The highest BCUT2D eigenvalue weighted by Gasteiger charge is 2.34. The molecular weight excluding hydrogens is 262 g/mol. The summed E-state index contributed by atoms with van der Waals surface area (Å²) in [6.07, 6.45) is 6.18. The van der Waals surface area contributed by atoms with E-state index in [1.165, 1.54) is 0 Å². The van der Waals surface area contributed by atoms with Crippen molar-refractivity contribution < 1.29 is 8.42 Å². The SMILES string of the molecule is CC(C)NCC1CCCCN1S(=O)(=O)NC1CCC1. The average Bonchev–Trinajstić information content (AvgIpc) is 2.32. The number of rotatable bonds is 6. The van der Waals surface area contributed by atoms with Crippen molar-refractivity contribution in [2.75, 3.05) is 13.1 Å². The zero-order valence-corrected chi connectivity index (χ0v) is 12.9. The molecule has 2 N–H and O–H groups in total. The van der Waals surface area contributed by atoms with Crippen LogP contribution in [-0.2, 0) is 10.2 Å². The van der Waals surface area contributed by atoms with Crippen molar-refractivity contribution in [3.05, 3.63) is 0 Å². The lowest BCUT2D eigenvalue weighted by atomic mass is 9.94. The van der Waals surface area contributed by atoms with Gasteiger partial charge in [-0.1, -0.05) is 26.7 Å². The second kappa shape index (κ2) is 6.52. The molecule has 112 valence electrons. The van der Waals surface area contributed by atoms with Crippen LogP contribution < -0.4 is 10.0 Å². The molecular formula is C13H27N3O2S. The maximum absolute atomic E-state index is 12.4. The van der Waals surface area contributed by atoms with Crippen LogP contribution in [0.1, 0.15) is 52.4 Å². The molecule has 0 radical (unpaired) electrons. The van der Waals surface area contributed by atoms with Crippen molar-refractivity contribution in [2.45, 2.75) is 70.5 Å². The molecule has 1 aliphatic heterocycles. The summed E-state index contributed by atoms with van der Waals surface area (Å²) in [4.78, 5) is 0. The van der Waals surface area contributed by atoms with E-state index in [-0.39, 0.29) is 12.1 Å². The highest BCUT2D eigenvalue weighted by Crippen LogP contribution is 2.23. The largest absolute Gasteiger partial charge is 0.313 e. The van der Waals surface area contributed by atoms with Crippen LogP contribution in [-0.4, -0.2) is 43.9 Å². The molecule has 0 aromatic heterocycles. The fourth-order valence-corrected chi connectivity index (χ4v) is 4.40. The summed E-state index contributed by atoms with van der Waals surface area (Å²) in [6.45, 7) is 5.60. The summed E-state index contributed by atoms with van der Waals surface area (Å²) in [5.74, 6) is 0. The quantitative estimate of drug-likeness (QED) is 0.773. The Morgan fingerprint density at radius 2 is 1.89 bits per heavy atom. The van der Waals surface area contributed by atoms with E-state index in [0.717, 1.165) is 45.1 Å². The van der Waals surface area contributed by atoms with Gasteiger partial charge in [0.05, 0.1) is 0 Å². The van der Waals surface area contributed by atoms with Gasteiger partial charge in [-0.15, -0.1) is 0 Å². The fourth-order valence-electron chi connectivity index (χ4n) is 2.67. The van der Waals surface area contributed by atoms with Crippen LogP contribution in [0.5, 0.6) is 0 Å². The molecule has 0 aromatic rings. The molecule has 2 rings (SSSR count). The highest BCUT2D eigenvalue weighted by atomic mass is 32.2. The zero-order chi connectivity index (χ0) is 13.9. The average molecular weight is 289 g/mol. The molecule has 6 heteroatoms. The van der Waals surface area contributed by atoms with Crippen LogP contribution in [0.4, 0.5) is 0 Å². The third kappa shape index (κ3) is 4.15. The van der Waals surface area contributed by atoms with Crippen molar-refractivity contribution in [1.82, 2.24) is 14.3 Å². The Kier molecular flexibility index (Phi) is 5.22. The van der Waals surface area contributed by atoms with Gasteiger partial charge in [0.1, 0.15) is 0 Å². The summed E-state index contributed by atoms with van der Waals surface area (Å²) in [6, 6.07) is 0.672. The Labute approximate surface area is 117 Å². The summed E-state index contributed by atoms with van der Waals surface area (Å²) in [7, 11) is -3.30. The van der Waals surface area contributed by atoms with Gasteiger partial charge in [0, 0.05) is 31.2 Å². The van der Waals surface area contributed by atoms with E-state index in [2.05, 4.69) is 23.9 Å². The first kappa shape index (κ1) is 15.2. The van der Waals surface area contributed by atoms with Crippen LogP contribution in [0.3, 0.4) is 0 Å². The molecule has 5 nitrogen and oxygen atoms in total. The molecule has 2 fully saturated rings. The van der Waals surface area contributed by atoms with Gasteiger partial charge >= 0.3 is 0 Å². The van der Waals surface area contributed by atoms with Gasteiger partial charge in [0.2, 0.25) is 0 Å². The number of hydrogen-bond donors (Lipinski definition) is 2. The van der Waals surface area contributed by atoms with E-state index in [9.17, 15) is 8.42 Å². The number of piperidine rings is 1. The van der Waals surface area contributed by atoms with Gasteiger partial charge < -0.3 is 5.32 Å². The Morgan fingerprint density at radius 1 is 1.16 bits per heavy atom. The summed E-state index contributed by atoms with van der Waals surface area (Å²) in [5, 5.41) is 3.36.